The number of carbonyl (C=O) groups excluding carboxylic acids is 1. The molecule has 1 saturated carbocycles. The Morgan fingerprint density at radius 2 is 2.07 bits per heavy atom. The molecule has 1 atom stereocenters. The quantitative estimate of drug-likeness (QED) is 0.816. The van der Waals surface area contributed by atoms with E-state index < -0.39 is 0 Å². The summed E-state index contributed by atoms with van der Waals surface area (Å²) in [7, 11) is 0. The Hall–Kier alpha value is -1.15. The Balaban J connectivity index is 1.96. The van der Waals surface area contributed by atoms with Gasteiger partial charge in [-0.15, -0.1) is 0 Å². The molecule has 15 heavy (non-hydrogen) atoms. The van der Waals surface area contributed by atoms with Crippen LogP contribution in [0, 0.1) is 0 Å². The lowest BCUT2D eigenvalue weighted by atomic mass is 9.99. The van der Waals surface area contributed by atoms with E-state index in [1.54, 1.807) is 0 Å². The standard InChI is InChI=1S/C13H17NO/c1-13(9-5-8-12(13)15)14-10-11-6-3-2-4-7-11/h2-4,6-7,14H,5,8-10H2,1H3. The normalized spacial score (nSPS) is 25.8. The van der Waals surface area contributed by atoms with Gasteiger partial charge in [-0.25, -0.2) is 0 Å². The van der Waals surface area contributed by atoms with Crippen molar-refractivity contribution in [2.45, 2.75) is 38.3 Å². The third-order valence-electron chi connectivity index (χ3n) is 3.22. The number of carbonyl (C=O) groups is 1. The van der Waals surface area contributed by atoms with Gasteiger partial charge in [0.25, 0.3) is 0 Å². The van der Waals surface area contributed by atoms with Gasteiger partial charge in [-0.3, -0.25) is 4.79 Å². The van der Waals surface area contributed by atoms with Gasteiger partial charge in [-0.1, -0.05) is 30.3 Å². The SMILES string of the molecule is CC1(NCc2ccccc2)CCCC1=O. The molecule has 2 nitrogen and oxygen atoms in total. The fourth-order valence-corrected chi connectivity index (χ4v) is 2.10. The van der Waals surface area contributed by atoms with E-state index in [1.165, 1.54) is 5.56 Å². The molecule has 1 aliphatic carbocycles. The summed E-state index contributed by atoms with van der Waals surface area (Å²) in [5, 5.41) is 3.37. The van der Waals surface area contributed by atoms with Gasteiger partial charge in [0.05, 0.1) is 5.54 Å². The Morgan fingerprint density at radius 3 is 2.67 bits per heavy atom. The van der Waals surface area contributed by atoms with Crippen LogP contribution in [0.2, 0.25) is 0 Å². The van der Waals surface area contributed by atoms with E-state index in [9.17, 15) is 4.79 Å². The van der Waals surface area contributed by atoms with E-state index in [1.807, 2.05) is 25.1 Å². The minimum atomic E-state index is -0.282. The van der Waals surface area contributed by atoms with Crippen LogP contribution in [0.25, 0.3) is 0 Å². The molecule has 2 rings (SSSR count). The van der Waals surface area contributed by atoms with E-state index >= 15 is 0 Å². The zero-order valence-corrected chi connectivity index (χ0v) is 9.12. The van der Waals surface area contributed by atoms with Crippen molar-refractivity contribution in [1.29, 1.82) is 0 Å². The molecule has 80 valence electrons. The second-order valence-electron chi connectivity index (χ2n) is 4.45. The lowest BCUT2D eigenvalue weighted by Crippen LogP contribution is -2.45. The highest BCUT2D eigenvalue weighted by Crippen LogP contribution is 2.25. The number of hydrogen-bond acceptors (Lipinski definition) is 2. The van der Waals surface area contributed by atoms with E-state index in [-0.39, 0.29) is 5.54 Å². The highest BCUT2D eigenvalue weighted by molar-refractivity contribution is 5.89. The summed E-state index contributed by atoms with van der Waals surface area (Å²) in [6.45, 7) is 2.80. The van der Waals surface area contributed by atoms with Crippen molar-refractivity contribution in [3.63, 3.8) is 0 Å². The smallest absolute Gasteiger partial charge is 0.152 e. The van der Waals surface area contributed by atoms with Crippen LogP contribution in [-0.2, 0) is 11.3 Å². The molecule has 1 aromatic rings. The van der Waals surface area contributed by atoms with Crippen molar-refractivity contribution in [2.75, 3.05) is 0 Å². The van der Waals surface area contributed by atoms with Gasteiger partial charge in [0.15, 0.2) is 5.78 Å². The maximum absolute atomic E-state index is 11.7. The lowest BCUT2D eigenvalue weighted by Gasteiger charge is -2.23. The first-order chi connectivity index (χ1) is 7.21. The molecule has 0 amide bonds. The molecule has 1 aromatic carbocycles. The van der Waals surface area contributed by atoms with Crippen LogP contribution in [0.1, 0.15) is 31.7 Å². The molecule has 2 heteroatoms. The number of hydrogen-bond donors (Lipinski definition) is 1. The highest BCUT2D eigenvalue weighted by Gasteiger charge is 2.36. The largest absolute Gasteiger partial charge is 0.301 e. The Morgan fingerprint density at radius 1 is 1.33 bits per heavy atom. The van der Waals surface area contributed by atoms with Crippen LogP contribution in [0.15, 0.2) is 30.3 Å². The molecule has 0 spiro atoms. The second kappa shape index (κ2) is 4.15. The summed E-state index contributed by atoms with van der Waals surface area (Å²) in [5.74, 6) is 0.360. The summed E-state index contributed by atoms with van der Waals surface area (Å²) in [5.41, 5.74) is 0.953. The van der Waals surface area contributed by atoms with Crippen molar-refractivity contribution >= 4 is 5.78 Å². The number of nitrogens with one attached hydrogen (secondary N) is 1. The Labute approximate surface area is 90.7 Å². The summed E-state index contributed by atoms with van der Waals surface area (Å²) < 4.78 is 0. The monoisotopic (exact) mass is 203 g/mol. The molecule has 0 bridgehead atoms. The zero-order valence-electron chi connectivity index (χ0n) is 9.12. The first-order valence-corrected chi connectivity index (χ1v) is 5.53. The maximum Gasteiger partial charge on any atom is 0.152 e. The number of benzene rings is 1. The van der Waals surface area contributed by atoms with Crippen molar-refractivity contribution in [3.05, 3.63) is 35.9 Å². The molecule has 1 unspecified atom stereocenters. The van der Waals surface area contributed by atoms with Gasteiger partial charge >= 0.3 is 0 Å². The summed E-state index contributed by atoms with van der Waals surface area (Å²) >= 11 is 0. The summed E-state index contributed by atoms with van der Waals surface area (Å²) in [6.07, 6.45) is 2.73. The van der Waals surface area contributed by atoms with Crippen molar-refractivity contribution < 1.29 is 4.79 Å². The van der Waals surface area contributed by atoms with E-state index in [0.29, 0.717) is 5.78 Å². The van der Waals surface area contributed by atoms with Crippen molar-refractivity contribution in [2.24, 2.45) is 0 Å². The fourth-order valence-electron chi connectivity index (χ4n) is 2.10. The van der Waals surface area contributed by atoms with Crippen LogP contribution >= 0.6 is 0 Å². The topological polar surface area (TPSA) is 29.1 Å². The zero-order chi connectivity index (χ0) is 10.7. The second-order valence-corrected chi connectivity index (χ2v) is 4.45. The molecule has 0 radical (unpaired) electrons. The Bertz CT molecular complexity index is 347. The van der Waals surface area contributed by atoms with Gasteiger partial charge in [-0.2, -0.15) is 0 Å². The van der Waals surface area contributed by atoms with Crippen LogP contribution in [-0.4, -0.2) is 11.3 Å². The van der Waals surface area contributed by atoms with Crippen molar-refractivity contribution in [1.82, 2.24) is 5.32 Å². The van der Waals surface area contributed by atoms with Gasteiger partial charge in [0.1, 0.15) is 0 Å². The van der Waals surface area contributed by atoms with Gasteiger partial charge in [-0.05, 0) is 25.3 Å². The maximum atomic E-state index is 11.7. The minimum Gasteiger partial charge on any atom is -0.301 e. The van der Waals surface area contributed by atoms with Crippen LogP contribution in [0.4, 0.5) is 0 Å². The first-order valence-electron chi connectivity index (χ1n) is 5.53. The summed E-state index contributed by atoms with van der Waals surface area (Å²) in [4.78, 5) is 11.7. The molecule has 0 aliphatic heterocycles. The minimum absolute atomic E-state index is 0.282. The predicted octanol–water partition coefficient (Wildman–Crippen LogP) is 2.29. The fraction of sp³-hybridized carbons (Fsp3) is 0.462. The van der Waals surface area contributed by atoms with Gasteiger partial charge in [0.2, 0.25) is 0 Å². The van der Waals surface area contributed by atoms with E-state index in [2.05, 4.69) is 17.4 Å². The van der Waals surface area contributed by atoms with E-state index in [0.717, 1.165) is 25.8 Å². The average molecular weight is 203 g/mol. The summed E-state index contributed by atoms with van der Waals surface area (Å²) in [6, 6.07) is 10.2. The molecular weight excluding hydrogens is 186 g/mol. The van der Waals surface area contributed by atoms with Crippen molar-refractivity contribution in [3.8, 4) is 0 Å². The van der Waals surface area contributed by atoms with Crippen LogP contribution in [0.3, 0.4) is 0 Å². The molecule has 1 fully saturated rings. The molecular formula is C13H17NO. The van der Waals surface area contributed by atoms with E-state index in [4.69, 9.17) is 0 Å². The number of Topliss-reactive ketones (excluding diaryl/α,β-unsaturated/α-hetero) is 1. The lowest BCUT2D eigenvalue weighted by molar-refractivity contribution is -0.122. The highest BCUT2D eigenvalue weighted by atomic mass is 16.1. The predicted molar refractivity (Wildman–Crippen MR) is 60.5 cm³/mol. The van der Waals surface area contributed by atoms with Crippen LogP contribution < -0.4 is 5.32 Å². The first kappa shape index (κ1) is 10.4. The molecule has 0 heterocycles. The number of rotatable bonds is 3. The third kappa shape index (κ3) is 2.26. The Kier molecular flexibility index (Phi) is 2.87. The van der Waals surface area contributed by atoms with Gasteiger partial charge in [0, 0.05) is 13.0 Å². The molecule has 1 aliphatic rings. The molecule has 0 saturated heterocycles. The molecule has 0 aromatic heterocycles. The number of ketones is 1. The van der Waals surface area contributed by atoms with Crippen LogP contribution in [0.5, 0.6) is 0 Å². The van der Waals surface area contributed by atoms with Gasteiger partial charge < -0.3 is 5.32 Å². The molecule has 1 N–H and O–H groups in total. The third-order valence-corrected chi connectivity index (χ3v) is 3.22. The average Bonchev–Trinajstić information content (AvgIpc) is 2.59.